The number of hydrogen-bond donors (Lipinski definition) is 1. The lowest BCUT2D eigenvalue weighted by Gasteiger charge is -1.94. The number of rotatable bonds is 1. The van der Waals surface area contributed by atoms with E-state index in [2.05, 4.69) is 29.2 Å². The van der Waals surface area contributed by atoms with Gasteiger partial charge in [-0.15, -0.1) is 0 Å². The van der Waals surface area contributed by atoms with Gasteiger partial charge in [0.2, 0.25) is 0 Å². The predicted molar refractivity (Wildman–Crippen MR) is 47.0 cm³/mol. The SMILES string of the molecule is c1cc2cc([C@@H]3CO3)ccc2[nH]1. The van der Waals surface area contributed by atoms with Crippen LogP contribution in [-0.4, -0.2) is 11.6 Å². The largest absolute Gasteiger partial charge is 0.368 e. The average molecular weight is 159 g/mol. The fourth-order valence-electron chi connectivity index (χ4n) is 1.51. The van der Waals surface area contributed by atoms with E-state index < -0.39 is 0 Å². The normalized spacial score (nSPS) is 21.5. The third-order valence-electron chi connectivity index (χ3n) is 2.28. The topological polar surface area (TPSA) is 28.3 Å². The van der Waals surface area contributed by atoms with Crippen LogP contribution in [0.25, 0.3) is 10.9 Å². The van der Waals surface area contributed by atoms with Gasteiger partial charge in [-0.3, -0.25) is 0 Å². The van der Waals surface area contributed by atoms with E-state index in [0.29, 0.717) is 6.10 Å². The first kappa shape index (κ1) is 6.26. The molecule has 2 nitrogen and oxygen atoms in total. The van der Waals surface area contributed by atoms with E-state index in [1.807, 2.05) is 6.20 Å². The molecule has 0 amide bonds. The predicted octanol–water partition coefficient (Wildman–Crippen LogP) is 2.24. The average Bonchev–Trinajstić information content (AvgIpc) is 2.84. The molecule has 3 rings (SSSR count). The maximum absolute atomic E-state index is 5.21. The molecule has 1 fully saturated rings. The Labute approximate surface area is 70.2 Å². The number of ether oxygens (including phenoxy) is 1. The molecule has 2 aromatic rings. The summed E-state index contributed by atoms with van der Waals surface area (Å²) in [7, 11) is 0. The van der Waals surface area contributed by atoms with Crippen LogP contribution in [0.2, 0.25) is 0 Å². The number of epoxide rings is 1. The van der Waals surface area contributed by atoms with Crippen LogP contribution in [0.1, 0.15) is 11.7 Å². The van der Waals surface area contributed by atoms with E-state index >= 15 is 0 Å². The molecule has 0 aliphatic carbocycles. The molecule has 60 valence electrons. The second-order valence-corrected chi connectivity index (χ2v) is 3.15. The molecule has 0 saturated carbocycles. The van der Waals surface area contributed by atoms with Crippen LogP contribution in [0.3, 0.4) is 0 Å². The standard InChI is InChI=1S/C10H9NO/c1-2-9-7(3-4-11-9)5-8(1)10-6-12-10/h1-5,10-11H,6H2/t10-/m0/s1. The summed E-state index contributed by atoms with van der Waals surface area (Å²) in [6.45, 7) is 0.885. The molecule has 0 spiro atoms. The lowest BCUT2D eigenvalue weighted by Crippen LogP contribution is -1.78. The zero-order chi connectivity index (χ0) is 7.97. The highest BCUT2D eigenvalue weighted by Gasteiger charge is 2.24. The van der Waals surface area contributed by atoms with E-state index in [1.54, 1.807) is 0 Å². The van der Waals surface area contributed by atoms with Gasteiger partial charge in [-0.1, -0.05) is 6.07 Å². The maximum atomic E-state index is 5.21. The number of nitrogens with one attached hydrogen (secondary N) is 1. The van der Waals surface area contributed by atoms with E-state index in [4.69, 9.17) is 4.74 Å². The fraction of sp³-hybridized carbons (Fsp3) is 0.200. The van der Waals surface area contributed by atoms with Crippen molar-refractivity contribution in [3.8, 4) is 0 Å². The molecular formula is C10H9NO. The lowest BCUT2D eigenvalue weighted by molar-refractivity contribution is 0.416. The van der Waals surface area contributed by atoms with Crippen molar-refractivity contribution >= 4 is 10.9 Å². The molecule has 1 aliphatic rings. The second kappa shape index (κ2) is 2.11. The maximum Gasteiger partial charge on any atom is 0.106 e. The molecule has 1 N–H and O–H groups in total. The Hall–Kier alpha value is -1.28. The Morgan fingerprint density at radius 2 is 2.25 bits per heavy atom. The summed E-state index contributed by atoms with van der Waals surface area (Å²) < 4.78 is 5.21. The Bertz CT molecular complexity index is 414. The molecule has 12 heavy (non-hydrogen) atoms. The van der Waals surface area contributed by atoms with Crippen molar-refractivity contribution in [2.75, 3.05) is 6.61 Å². The van der Waals surface area contributed by atoms with Crippen molar-refractivity contribution in [2.45, 2.75) is 6.10 Å². The van der Waals surface area contributed by atoms with Gasteiger partial charge in [0.1, 0.15) is 6.10 Å². The summed E-state index contributed by atoms with van der Waals surface area (Å²) >= 11 is 0. The van der Waals surface area contributed by atoms with Gasteiger partial charge >= 0.3 is 0 Å². The molecular weight excluding hydrogens is 150 g/mol. The first-order valence-corrected chi connectivity index (χ1v) is 4.12. The summed E-state index contributed by atoms with van der Waals surface area (Å²) in [4.78, 5) is 3.17. The number of aromatic amines is 1. The Balaban J connectivity index is 2.21. The van der Waals surface area contributed by atoms with Crippen molar-refractivity contribution in [2.24, 2.45) is 0 Å². The zero-order valence-corrected chi connectivity index (χ0v) is 6.58. The highest BCUT2D eigenvalue weighted by molar-refractivity contribution is 5.80. The minimum atomic E-state index is 0.365. The molecule has 0 unspecified atom stereocenters. The van der Waals surface area contributed by atoms with E-state index in [1.165, 1.54) is 16.5 Å². The number of fused-ring (bicyclic) bond motifs is 1. The quantitative estimate of drug-likeness (QED) is 0.635. The highest BCUT2D eigenvalue weighted by Crippen LogP contribution is 2.31. The molecule has 2 heteroatoms. The van der Waals surface area contributed by atoms with Crippen molar-refractivity contribution in [1.29, 1.82) is 0 Å². The van der Waals surface area contributed by atoms with Crippen molar-refractivity contribution in [1.82, 2.24) is 4.98 Å². The molecule has 1 aromatic carbocycles. The lowest BCUT2D eigenvalue weighted by atomic mass is 10.1. The Morgan fingerprint density at radius 3 is 3.08 bits per heavy atom. The number of aromatic nitrogens is 1. The van der Waals surface area contributed by atoms with E-state index in [0.717, 1.165) is 6.61 Å². The van der Waals surface area contributed by atoms with Crippen LogP contribution in [0.5, 0.6) is 0 Å². The zero-order valence-electron chi connectivity index (χ0n) is 6.58. The highest BCUT2D eigenvalue weighted by atomic mass is 16.6. The minimum absolute atomic E-state index is 0.365. The molecule has 0 radical (unpaired) electrons. The fourth-order valence-corrected chi connectivity index (χ4v) is 1.51. The van der Waals surface area contributed by atoms with Crippen LogP contribution in [-0.2, 0) is 4.74 Å². The van der Waals surface area contributed by atoms with Gasteiger partial charge in [0, 0.05) is 11.7 Å². The Morgan fingerprint density at radius 1 is 1.33 bits per heavy atom. The molecule has 0 bridgehead atoms. The van der Waals surface area contributed by atoms with Crippen LogP contribution >= 0.6 is 0 Å². The van der Waals surface area contributed by atoms with Gasteiger partial charge in [-0.2, -0.15) is 0 Å². The van der Waals surface area contributed by atoms with Crippen molar-refractivity contribution < 1.29 is 4.74 Å². The van der Waals surface area contributed by atoms with Gasteiger partial charge in [0.15, 0.2) is 0 Å². The summed E-state index contributed by atoms with van der Waals surface area (Å²) in [5.74, 6) is 0. The molecule has 1 aliphatic heterocycles. The van der Waals surface area contributed by atoms with Crippen LogP contribution in [0, 0.1) is 0 Å². The van der Waals surface area contributed by atoms with Crippen molar-refractivity contribution in [3.05, 3.63) is 36.0 Å². The van der Waals surface area contributed by atoms with Crippen LogP contribution in [0.15, 0.2) is 30.5 Å². The molecule has 1 aromatic heterocycles. The van der Waals surface area contributed by atoms with Gasteiger partial charge in [0.05, 0.1) is 6.61 Å². The second-order valence-electron chi connectivity index (χ2n) is 3.15. The number of hydrogen-bond acceptors (Lipinski definition) is 1. The monoisotopic (exact) mass is 159 g/mol. The molecule has 1 saturated heterocycles. The third kappa shape index (κ3) is 0.850. The third-order valence-corrected chi connectivity index (χ3v) is 2.28. The minimum Gasteiger partial charge on any atom is -0.368 e. The van der Waals surface area contributed by atoms with E-state index in [-0.39, 0.29) is 0 Å². The first-order chi connectivity index (χ1) is 5.93. The number of H-pyrrole nitrogens is 1. The summed E-state index contributed by atoms with van der Waals surface area (Å²) in [6, 6.07) is 8.49. The molecule has 2 heterocycles. The van der Waals surface area contributed by atoms with Gasteiger partial charge in [0.25, 0.3) is 0 Å². The van der Waals surface area contributed by atoms with Gasteiger partial charge < -0.3 is 9.72 Å². The summed E-state index contributed by atoms with van der Waals surface area (Å²) in [5, 5.41) is 1.27. The Kier molecular flexibility index (Phi) is 1.10. The van der Waals surface area contributed by atoms with Gasteiger partial charge in [-0.05, 0) is 29.1 Å². The summed E-state index contributed by atoms with van der Waals surface area (Å²) in [5.41, 5.74) is 2.49. The van der Waals surface area contributed by atoms with Crippen LogP contribution in [0.4, 0.5) is 0 Å². The van der Waals surface area contributed by atoms with Gasteiger partial charge in [-0.25, -0.2) is 0 Å². The van der Waals surface area contributed by atoms with Crippen molar-refractivity contribution in [3.63, 3.8) is 0 Å². The van der Waals surface area contributed by atoms with E-state index in [9.17, 15) is 0 Å². The number of benzene rings is 1. The summed E-state index contributed by atoms with van der Waals surface area (Å²) in [6.07, 6.45) is 2.33. The van der Waals surface area contributed by atoms with Crippen LogP contribution < -0.4 is 0 Å². The smallest absolute Gasteiger partial charge is 0.106 e. The molecule has 1 atom stereocenters. The first-order valence-electron chi connectivity index (χ1n) is 4.12.